The average molecular weight is 309 g/mol. The highest BCUT2D eigenvalue weighted by atomic mass is 19.1. The number of aromatic nitrogens is 4. The lowest BCUT2D eigenvalue weighted by molar-refractivity contribution is 0.620. The summed E-state index contributed by atoms with van der Waals surface area (Å²) in [5.74, 6) is 0.308. The summed E-state index contributed by atoms with van der Waals surface area (Å²) < 4.78 is 15.2. The average Bonchev–Trinajstić information content (AvgIpc) is 3.28. The topological polar surface area (TPSA) is 69.6 Å². The SMILES string of the molecule is Cc1cc(-c2ncc(F)c(N)n2)ccc1-n1cnc(C2CC2)c1. The molecule has 6 heteroatoms. The molecule has 1 aliphatic rings. The maximum atomic E-state index is 13.2. The Morgan fingerprint density at radius 3 is 2.78 bits per heavy atom. The molecule has 0 unspecified atom stereocenters. The lowest BCUT2D eigenvalue weighted by Crippen LogP contribution is -2.00. The van der Waals surface area contributed by atoms with Gasteiger partial charge in [-0.1, -0.05) is 0 Å². The number of hydrogen-bond donors (Lipinski definition) is 1. The maximum Gasteiger partial charge on any atom is 0.183 e. The van der Waals surface area contributed by atoms with Gasteiger partial charge < -0.3 is 10.3 Å². The second-order valence-electron chi connectivity index (χ2n) is 5.91. The molecule has 0 aliphatic heterocycles. The third-order valence-corrected chi connectivity index (χ3v) is 4.10. The minimum absolute atomic E-state index is 0.139. The highest BCUT2D eigenvalue weighted by Crippen LogP contribution is 2.39. The van der Waals surface area contributed by atoms with Crippen molar-refractivity contribution in [3.05, 3.63) is 54.0 Å². The first-order valence-corrected chi connectivity index (χ1v) is 7.55. The van der Waals surface area contributed by atoms with Crippen LogP contribution in [0.15, 0.2) is 36.9 Å². The van der Waals surface area contributed by atoms with Gasteiger partial charge in [0.1, 0.15) is 0 Å². The van der Waals surface area contributed by atoms with Gasteiger partial charge in [-0.3, -0.25) is 0 Å². The van der Waals surface area contributed by atoms with Crippen LogP contribution in [0.1, 0.15) is 30.0 Å². The molecule has 2 N–H and O–H groups in total. The molecule has 2 heterocycles. The van der Waals surface area contributed by atoms with Gasteiger partial charge in [0, 0.05) is 23.4 Å². The number of benzene rings is 1. The summed E-state index contributed by atoms with van der Waals surface area (Å²) in [7, 11) is 0. The van der Waals surface area contributed by atoms with Crippen LogP contribution in [0.25, 0.3) is 17.1 Å². The van der Waals surface area contributed by atoms with E-state index in [1.165, 1.54) is 12.8 Å². The van der Waals surface area contributed by atoms with E-state index in [0.29, 0.717) is 11.7 Å². The zero-order valence-electron chi connectivity index (χ0n) is 12.7. The van der Waals surface area contributed by atoms with Crippen LogP contribution in [0.3, 0.4) is 0 Å². The number of aryl methyl sites for hydroxylation is 1. The first-order chi connectivity index (χ1) is 11.1. The monoisotopic (exact) mass is 309 g/mol. The molecule has 0 amide bonds. The Labute approximate surface area is 133 Å². The standard InChI is InChI=1S/C17H16FN5/c1-10-6-12(17-20-7-13(18)16(19)22-17)4-5-15(10)23-8-14(21-9-23)11-2-3-11/h4-9,11H,2-3H2,1H3,(H2,19,20,22). The second kappa shape index (κ2) is 5.15. The molecule has 1 saturated carbocycles. The molecule has 0 radical (unpaired) electrons. The fourth-order valence-corrected chi connectivity index (χ4v) is 2.66. The van der Waals surface area contributed by atoms with Crippen molar-refractivity contribution in [2.45, 2.75) is 25.7 Å². The van der Waals surface area contributed by atoms with Crippen LogP contribution in [0.4, 0.5) is 10.2 Å². The zero-order valence-corrected chi connectivity index (χ0v) is 12.7. The van der Waals surface area contributed by atoms with Gasteiger partial charge in [0.2, 0.25) is 0 Å². The Balaban J connectivity index is 1.69. The minimum Gasteiger partial charge on any atom is -0.381 e. The molecule has 0 spiro atoms. The smallest absolute Gasteiger partial charge is 0.183 e. The Kier molecular flexibility index (Phi) is 3.11. The number of halogens is 1. The zero-order chi connectivity index (χ0) is 16.0. The van der Waals surface area contributed by atoms with E-state index < -0.39 is 5.82 Å². The van der Waals surface area contributed by atoms with E-state index >= 15 is 0 Å². The van der Waals surface area contributed by atoms with E-state index in [1.54, 1.807) is 0 Å². The fourth-order valence-electron chi connectivity index (χ4n) is 2.66. The van der Waals surface area contributed by atoms with Gasteiger partial charge in [0.05, 0.1) is 18.2 Å². The summed E-state index contributed by atoms with van der Waals surface area (Å²) in [4.78, 5) is 12.5. The van der Waals surface area contributed by atoms with E-state index in [-0.39, 0.29) is 5.82 Å². The van der Waals surface area contributed by atoms with Crippen LogP contribution >= 0.6 is 0 Å². The van der Waals surface area contributed by atoms with E-state index in [2.05, 4.69) is 21.1 Å². The Bertz CT molecular complexity index is 882. The van der Waals surface area contributed by atoms with Gasteiger partial charge in [0.25, 0.3) is 0 Å². The first-order valence-electron chi connectivity index (χ1n) is 7.55. The van der Waals surface area contributed by atoms with Gasteiger partial charge in [-0.25, -0.2) is 19.3 Å². The predicted octanol–water partition coefficient (Wildman–Crippen LogP) is 3.24. The number of hydrogen-bond acceptors (Lipinski definition) is 4. The van der Waals surface area contributed by atoms with Gasteiger partial charge in [-0.2, -0.15) is 0 Å². The second-order valence-corrected chi connectivity index (χ2v) is 5.91. The minimum atomic E-state index is -0.604. The quantitative estimate of drug-likeness (QED) is 0.806. The molecular formula is C17H16FN5. The maximum absolute atomic E-state index is 13.2. The van der Waals surface area contributed by atoms with Crippen LogP contribution in [0.5, 0.6) is 0 Å². The summed E-state index contributed by atoms with van der Waals surface area (Å²) in [5, 5.41) is 0. The Hall–Kier alpha value is -2.76. The number of rotatable bonds is 3. The summed E-state index contributed by atoms with van der Waals surface area (Å²) in [6.07, 6.45) is 7.50. The van der Waals surface area contributed by atoms with Crippen molar-refractivity contribution < 1.29 is 4.39 Å². The third-order valence-electron chi connectivity index (χ3n) is 4.10. The molecule has 4 rings (SSSR count). The summed E-state index contributed by atoms with van der Waals surface area (Å²) in [6.45, 7) is 2.02. The first kappa shape index (κ1) is 13.9. The molecule has 23 heavy (non-hydrogen) atoms. The van der Waals surface area contributed by atoms with Gasteiger partial charge in [-0.05, 0) is 43.5 Å². The molecule has 1 aliphatic carbocycles. The summed E-state index contributed by atoms with van der Waals surface area (Å²) in [5.41, 5.74) is 9.60. The normalized spacial score (nSPS) is 14.2. The van der Waals surface area contributed by atoms with Gasteiger partial charge in [0.15, 0.2) is 17.5 Å². The van der Waals surface area contributed by atoms with E-state index in [9.17, 15) is 4.39 Å². The highest BCUT2D eigenvalue weighted by molar-refractivity contribution is 5.61. The van der Waals surface area contributed by atoms with E-state index in [1.807, 2.05) is 36.0 Å². The van der Waals surface area contributed by atoms with Gasteiger partial charge >= 0.3 is 0 Å². The molecule has 0 bridgehead atoms. The third kappa shape index (κ3) is 2.56. The number of nitrogen functional groups attached to an aromatic ring is 1. The summed E-state index contributed by atoms with van der Waals surface area (Å²) >= 11 is 0. The molecular weight excluding hydrogens is 293 g/mol. The van der Waals surface area contributed by atoms with Crippen LogP contribution in [-0.2, 0) is 0 Å². The number of imidazole rings is 1. The molecule has 5 nitrogen and oxygen atoms in total. The number of nitrogens with two attached hydrogens (primary N) is 1. The van der Waals surface area contributed by atoms with Crippen molar-refractivity contribution in [1.29, 1.82) is 0 Å². The van der Waals surface area contributed by atoms with Crippen LogP contribution < -0.4 is 5.73 Å². The lowest BCUT2D eigenvalue weighted by atomic mass is 10.1. The molecule has 0 atom stereocenters. The van der Waals surface area contributed by atoms with Crippen LogP contribution in [0.2, 0.25) is 0 Å². The fraction of sp³-hybridized carbons (Fsp3) is 0.235. The molecule has 0 saturated heterocycles. The summed E-state index contributed by atoms with van der Waals surface area (Å²) in [6, 6.07) is 5.87. The lowest BCUT2D eigenvalue weighted by Gasteiger charge is -2.09. The van der Waals surface area contributed by atoms with Crippen molar-refractivity contribution in [3.63, 3.8) is 0 Å². The highest BCUT2D eigenvalue weighted by Gasteiger charge is 2.25. The molecule has 2 aromatic heterocycles. The van der Waals surface area contributed by atoms with Crippen molar-refractivity contribution >= 4 is 5.82 Å². The van der Waals surface area contributed by atoms with E-state index in [4.69, 9.17) is 5.73 Å². The van der Waals surface area contributed by atoms with Crippen molar-refractivity contribution in [1.82, 2.24) is 19.5 Å². The number of nitrogens with zero attached hydrogens (tertiary/aromatic N) is 4. The van der Waals surface area contributed by atoms with Crippen molar-refractivity contribution in [2.75, 3.05) is 5.73 Å². The number of anilines is 1. The Morgan fingerprint density at radius 1 is 1.26 bits per heavy atom. The van der Waals surface area contributed by atoms with E-state index in [0.717, 1.165) is 28.7 Å². The predicted molar refractivity (Wildman–Crippen MR) is 85.7 cm³/mol. The Morgan fingerprint density at radius 2 is 2.09 bits per heavy atom. The largest absolute Gasteiger partial charge is 0.381 e. The molecule has 3 aromatic rings. The van der Waals surface area contributed by atoms with Crippen LogP contribution in [-0.4, -0.2) is 19.5 Å². The van der Waals surface area contributed by atoms with Crippen molar-refractivity contribution in [2.24, 2.45) is 0 Å². The molecule has 1 aromatic carbocycles. The molecule has 1 fully saturated rings. The van der Waals surface area contributed by atoms with Crippen LogP contribution in [0, 0.1) is 12.7 Å². The molecule has 116 valence electrons. The van der Waals surface area contributed by atoms with Gasteiger partial charge in [-0.15, -0.1) is 0 Å². The van der Waals surface area contributed by atoms with Crippen molar-refractivity contribution in [3.8, 4) is 17.1 Å².